The average Bonchev–Trinajstić information content (AvgIpc) is 2.95. The van der Waals surface area contributed by atoms with Gasteiger partial charge in [0.05, 0.1) is 21.8 Å². The standard InChI is InChI=1S/C18H26Cl2N2S/c1-5-14(6-2)22(16-9-7-8-15(19)17(16)20)18-21-13(11-23-18)10-12(3)4/h7-9,12-14H,5-6,10-11H2,1-4H3. The molecule has 0 saturated heterocycles. The Hall–Kier alpha value is -0.380. The molecule has 1 aliphatic heterocycles. The first-order valence-electron chi connectivity index (χ1n) is 8.41. The average molecular weight is 373 g/mol. The Morgan fingerprint density at radius 1 is 1.26 bits per heavy atom. The van der Waals surface area contributed by atoms with Gasteiger partial charge >= 0.3 is 0 Å². The molecular weight excluding hydrogens is 347 g/mol. The lowest BCUT2D eigenvalue weighted by molar-refractivity contribution is 0.528. The van der Waals surface area contributed by atoms with Crippen molar-refractivity contribution in [1.82, 2.24) is 0 Å². The second-order valence-electron chi connectivity index (χ2n) is 6.42. The van der Waals surface area contributed by atoms with E-state index in [1.165, 1.54) is 0 Å². The molecule has 0 aromatic heterocycles. The molecule has 5 heteroatoms. The lowest BCUT2D eigenvalue weighted by atomic mass is 10.1. The summed E-state index contributed by atoms with van der Waals surface area (Å²) in [5.41, 5.74) is 0.976. The lowest BCUT2D eigenvalue weighted by Crippen LogP contribution is -2.38. The highest BCUT2D eigenvalue weighted by Crippen LogP contribution is 2.38. The summed E-state index contributed by atoms with van der Waals surface area (Å²) in [6, 6.07) is 6.64. The van der Waals surface area contributed by atoms with Crippen LogP contribution < -0.4 is 4.90 Å². The molecule has 0 radical (unpaired) electrons. The Morgan fingerprint density at radius 3 is 2.57 bits per heavy atom. The van der Waals surface area contributed by atoms with Gasteiger partial charge in [0.15, 0.2) is 5.17 Å². The fraction of sp³-hybridized carbons (Fsp3) is 0.611. The monoisotopic (exact) mass is 372 g/mol. The van der Waals surface area contributed by atoms with E-state index >= 15 is 0 Å². The molecule has 1 atom stereocenters. The minimum Gasteiger partial charge on any atom is -0.317 e. The second kappa shape index (κ2) is 8.64. The number of thioether (sulfide) groups is 1. The third kappa shape index (κ3) is 4.58. The smallest absolute Gasteiger partial charge is 0.164 e. The summed E-state index contributed by atoms with van der Waals surface area (Å²) in [6.07, 6.45) is 3.23. The van der Waals surface area contributed by atoms with Gasteiger partial charge in [-0.2, -0.15) is 0 Å². The van der Waals surface area contributed by atoms with Crippen molar-refractivity contribution in [2.24, 2.45) is 10.9 Å². The molecule has 0 fully saturated rings. The molecule has 0 saturated carbocycles. The van der Waals surface area contributed by atoms with Crippen LogP contribution in [-0.2, 0) is 0 Å². The van der Waals surface area contributed by atoms with Crippen LogP contribution in [0.3, 0.4) is 0 Å². The second-order valence-corrected chi connectivity index (χ2v) is 8.19. The quantitative estimate of drug-likeness (QED) is 0.565. The van der Waals surface area contributed by atoms with Gasteiger partial charge in [0.25, 0.3) is 0 Å². The maximum Gasteiger partial charge on any atom is 0.164 e. The number of halogens is 2. The number of amidine groups is 1. The van der Waals surface area contributed by atoms with Crippen LogP contribution in [0.25, 0.3) is 0 Å². The van der Waals surface area contributed by atoms with Gasteiger partial charge in [0, 0.05) is 11.8 Å². The maximum atomic E-state index is 6.51. The molecular formula is C18H26Cl2N2S. The summed E-state index contributed by atoms with van der Waals surface area (Å²) < 4.78 is 0. The molecule has 1 unspecified atom stereocenters. The minimum absolute atomic E-state index is 0.384. The minimum atomic E-state index is 0.384. The van der Waals surface area contributed by atoms with Crippen LogP contribution in [0.4, 0.5) is 5.69 Å². The zero-order valence-corrected chi connectivity index (χ0v) is 16.7. The first-order valence-corrected chi connectivity index (χ1v) is 10.2. The summed E-state index contributed by atoms with van der Waals surface area (Å²) in [5.74, 6) is 1.72. The Bertz CT molecular complexity index is 556. The van der Waals surface area contributed by atoms with Crippen molar-refractivity contribution in [3.63, 3.8) is 0 Å². The van der Waals surface area contributed by atoms with Gasteiger partial charge < -0.3 is 4.90 Å². The highest BCUT2D eigenvalue weighted by molar-refractivity contribution is 8.14. The summed E-state index contributed by atoms with van der Waals surface area (Å²) in [5, 5.41) is 2.31. The third-order valence-corrected chi connectivity index (χ3v) is 6.07. The van der Waals surface area contributed by atoms with E-state index in [4.69, 9.17) is 28.2 Å². The van der Waals surface area contributed by atoms with Crippen molar-refractivity contribution >= 4 is 45.8 Å². The van der Waals surface area contributed by atoms with Gasteiger partial charge in [-0.3, -0.25) is 4.99 Å². The molecule has 0 bridgehead atoms. The fourth-order valence-electron chi connectivity index (χ4n) is 2.99. The third-order valence-electron chi connectivity index (χ3n) is 4.15. The van der Waals surface area contributed by atoms with Crippen molar-refractivity contribution in [2.45, 2.75) is 59.0 Å². The van der Waals surface area contributed by atoms with Crippen LogP contribution in [0.5, 0.6) is 0 Å². The normalized spacial score (nSPS) is 17.9. The SMILES string of the molecule is CCC(CC)N(C1=NC(CC(C)C)CS1)c1cccc(Cl)c1Cl. The van der Waals surface area contributed by atoms with E-state index in [2.05, 4.69) is 32.6 Å². The number of hydrogen-bond acceptors (Lipinski definition) is 3. The van der Waals surface area contributed by atoms with E-state index in [0.717, 1.165) is 35.9 Å². The Labute approximate surface area is 154 Å². The van der Waals surface area contributed by atoms with E-state index in [0.29, 0.717) is 28.0 Å². The van der Waals surface area contributed by atoms with Crippen LogP contribution in [0.15, 0.2) is 23.2 Å². The molecule has 23 heavy (non-hydrogen) atoms. The summed E-state index contributed by atoms with van der Waals surface area (Å²) in [7, 11) is 0. The highest BCUT2D eigenvalue weighted by Gasteiger charge is 2.29. The molecule has 2 rings (SSSR count). The van der Waals surface area contributed by atoms with E-state index in [-0.39, 0.29) is 0 Å². The topological polar surface area (TPSA) is 15.6 Å². The van der Waals surface area contributed by atoms with Crippen molar-refractivity contribution in [3.05, 3.63) is 28.2 Å². The van der Waals surface area contributed by atoms with E-state index < -0.39 is 0 Å². The zero-order chi connectivity index (χ0) is 17.0. The Morgan fingerprint density at radius 2 is 1.96 bits per heavy atom. The molecule has 0 N–H and O–H groups in total. The predicted molar refractivity (Wildman–Crippen MR) is 106 cm³/mol. The first-order chi connectivity index (χ1) is 11.0. The van der Waals surface area contributed by atoms with Gasteiger partial charge in [0.1, 0.15) is 0 Å². The van der Waals surface area contributed by atoms with Crippen molar-refractivity contribution in [3.8, 4) is 0 Å². The van der Waals surface area contributed by atoms with Gasteiger partial charge in [-0.05, 0) is 37.3 Å². The number of hydrogen-bond donors (Lipinski definition) is 0. The first kappa shape index (κ1) is 19.0. The highest BCUT2D eigenvalue weighted by atomic mass is 35.5. The molecule has 0 amide bonds. The van der Waals surface area contributed by atoms with Gasteiger partial charge in [0.2, 0.25) is 0 Å². The molecule has 0 spiro atoms. The van der Waals surface area contributed by atoms with E-state index in [1.807, 2.05) is 30.0 Å². The van der Waals surface area contributed by atoms with Crippen LogP contribution >= 0.6 is 35.0 Å². The van der Waals surface area contributed by atoms with Gasteiger partial charge in [-0.15, -0.1) is 0 Å². The number of benzene rings is 1. The van der Waals surface area contributed by atoms with Crippen LogP contribution in [0.1, 0.15) is 47.0 Å². The number of anilines is 1. The molecule has 0 aliphatic carbocycles. The van der Waals surface area contributed by atoms with E-state index in [1.54, 1.807) is 0 Å². The van der Waals surface area contributed by atoms with E-state index in [9.17, 15) is 0 Å². The summed E-state index contributed by atoms with van der Waals surface area (Å²) >= 11 is 14.6. The fourth-order valence-corrected chi connectivity index (χ4v) is 4.54. The Balaban J connectivity index is 2.38. The molecule has 1 aromatic carbocycles. The van der Waals surface area contributed by atoms with Gasteiger partial charge in [-0.25, -0.2) is 0 Å². The maximum absolute atomic E-state index is 6.51. The number of rotatable bonds is 6. The summed E-state index contributed by atoms with van der Waals surface area (Å²) in [4.78, 5) is 7.30. The predicted octanol–water partition coefficient (Wildman–Crippen LogP) is 6.51. The van der Waals surface area contributed by atoms with Crippen molar-refractivity contribution in [1.29, 1.82) is 0 Å². The Kier molecular flexibility index (Phi) is 7.12. The molecule has 128 valence electrons. The van der Waals surface area contributed by atoms with Gasteiger partial charge in [-0.1, -0.05) is 68.7 Å². The molecule has 2 nitrogen and oxygen atoms in total. The van der Waals surface area contributed by atoms with Crippen LogP contribution in [0.2, 0.25) is 10.0 Å². The molecule has 1 aliphatic rings. The van der Waals surface area contributed by atoms with Crippen LogP contribution in [0, 0.1) is 5.92 Å². The van der Waals surface area contributed by atoms with Crippen molar-refractivity contribution in [2.75, 3.05) is 10.7 Å². The van der Waals surface area contributed by atoms with Crippen molar-refractivity contribution < 1.29 is 0 Å². The number of aliphatic imine (C=N–C) groups is 1. The molecule has 1 aromatic rings. The lowest BCUT2D eigenvalue weighted by Gasteiger charge is -2.32. The zero-order valence-electron chi connectivity index (χ0n) is 14.4. The largest absolute Gasteiger partial charge is 0.317 e. The molecule has 1 heterocycles. The number of nitrogens with zero attached hydrogens (tertiary/aromatic N) is 2. The summed E-state index contributed by atoms with van der Waals surface area (Å²) in [6.45, 7) is 8.94. The van der Waals surface area contributed by atoms with Crippen LogP contribution in [-0.4, -0.2) is 23.0 Å².